The highest BCUT2D eigenvalue weighted by Crippen LogP contribution is 2.33. The molecular weight excluding hydrogens is 684 g/mol. The van der Waals surface area contributed by atoms with Crippen LogP contribution >= 0.6 is 23.4 Å². The van der Waals surface area contributed by atoms with Crippen LogP contribution in [0.2, 0.25) is 5.02 Å². The number of urea groups is 1. The van der Waals surface area contributed by atoms with Gasteiger partial charge in [0.2, 0.25) is 5.91 Å². The zero-order valence-corrected chi connectivity index (χ0v) is 27.1. The van der Waals surface area contributed by atoms with Gasteiger partial charge in [0.1, 0.15) is 12.1 Å². The van der Waals surface area contributed by atoms with Crippen molar-refractivity contribution in [1.82, 2.24) is 14.8 Å². The van der Waals surface area contributed by atoms with Gasteiger partial charge in [0, 0.05) is 16.1 Å². The van der Waals surface area contributed by atoms with Crippen LogP contribution in [0.25, 0.3) is 17.1 Å². The lowest BCUT2D eigenvalue weighted by Crippen LogP contribution is -2.31. The van der Waals surface area contributed by atoms with Crippen molar-refractivity contribution in [3.63, 3.8) is 0 Å². The molecule has 0 saturated carbocycles. The van der Waals surface area contributed by atoms with Gasteiger partial charge in [0.25, 0.3) is 0 Å². The zero-order chi connectivity index (χ0) is 34.7. The number of ether oxygens (including phenoxy) is 1. The third kappa shape index (κ3) is 7.82. The van der Waals surface area contributed by atoms with E-state index in [0.717, 1.165) is 41.1 Å². The summed E-state index contributed by atoms with van der Waals surface area (Å²) in [6.45, 7) is 2.28. The topological polar surface area (TPSA) is 102 Å². The van der Waals surface area contributed by atoms with Crippen molar-refractivity contribution in [2.45, 2.75) is 26.3 Å². The predicted octanol–water partition coefficient (Wildman–Crippen LogP) is 8.44. The Balaban J connectivity index is 1.15. The highest BCUT2D eigenvalue weighted by molar-refractivity contribution is 8.15. The summed E-state index contributed by atoms with van der Waals surface area (Å²) in [7, 11) is 0. The number of halogens is 5. The van der Waals surface area contributed by atoms with Gasteiger partial charge in [-0.1, -0.05) is 53.7 Å². The number of nitrogens with zero attached hydrogens (tertiary/aromatic N) is 5. The van der Waals surface area contributed by atoms with Crippen molar-refractivity contribution in [3.8, 4) is 17.1 Å². The number of alkyl halides is 3. The highest BCUT2D eigenvalue weighted by atomic mass is 35.5. The van der Waals surface area contributed by atoms with E-state index in [9.17, 15) is 22.8 Å². The lowest BCUT2D eigenvalue weighted by molar-refractivity contribution is -0.137. The second-order valence-corrected chi connectivity index (χ2v) is 12.2. The molecule has 9 nitrogen and oxygen atoms in total. The van der Waals surface area contributed by atoms with Gasteiger partial charge in [-0.25, -0.2) is 18.9 Å². The Kier molecular flexibility index (Phi) is 9.81. The van der Waals surface area contributed by atoms with Crippen LogP contribution in [0, 0.1) is 12.7 Å². The Labute approximate surface area is 286 Å². The standard InChI is InChI=1S/C34H25ClF4N6O3S/c1-20-6-7-23(17-48-16-22-4-2-3-5-26(22)35)29(14-20)45-30(46)18-49-33(45)42-32(47)41-28-13-8-21(15-27(28)36)31-40-19-44(43-31)25-11-9-24(10-12-25)34(37,38)39/h2-15,19H,16-18H2,1H3,(H,41,47)/b42-33-. The molecule has 2 heterocycles. The van der Waals surface area contributed by atoms with Crippen molar-refractivity contribution in [2.75, 3.05) is 16.0 Å². The second kappa shape index (κ2) is 14.2. The molecule has 1 aliphatic rings. The van der Waals surface area contributed by atoms with Gasteiger partial charge >= 0.3 is 12.2 Å². The molecule has 4 aromatic carbocycles. The number of aliphatic imine (C=N–C) groups is 1. The maximum absolute atomic E-state index is 15.1. The molecule has 6 rings (SSSR count). The number of benzene rings is 4. The minimum atomic E-state index is -4.47. The summed E-state index contributed by atoms with van der Waals surface area (Å²) in [5, 5.41) is 7.34. The highest BCUT2D eigenvalue weighted by Gasteiger charge is 2.32. The first-order chi connectivity index (χ1) is 23.5. The molecule has 1 aliphatic heterocycles. The number of hydrogen-bond acceptors (Lipinski definition) is 6. The molecule has 0 aliphatic carbocycles. The van der Waals surface area contributed by atoms with Gasteiger partial charge in [0.15, 0.2) is 11.0 Å². The van der Waals surface area contributed by atoms with Gasteiger partial charge in [-0.2, -0.15) is 18.2 Å². The number of thioether (sulfide) groups is 1. The predicted molar refractivity (Wildman–Crippen MR) is 179 cm³/mol. The Bertz CT molecular complexity index is 2070. The van der Waals surface area contributed by atoms with Crippen LogP contribution in [0.5, 0.6) is 0 Å². The van der Waals surface area contributed by atoms with E-state index < -0.39 is 23.6 Å². The summed E-state index contributed by atoms with van der Waals surface area (Å²) < 4.78 is 61.0. The SMILES string of the molecule is Cc1ccc(COCc2ccccc2Cl)c(N2C(=O)CS/C2=N\C(=O)Nc2ccc(-c3ncn(-c4ccc(C(F)(F)F)cc4)n3)cc2F)c1. The molecule has 0 spiro atoms. The van der Waals surface area contributed by atoms with Crippen molar-refractivity contribution >= 4 is 51.8 Å². The number of rotatable bonds is 8. The molecule has 0 unspecified atom stereocenters. The Morgan fingerprint density at radius 3 is 2.51 bits per heavy atom. The summed E-state index contributed by atoms with van der Waals surface area (Å²) in [4.78, 5) is 35.5. The average molecular weight is 709 g/mol. The van der Waals surface area contributed by atoms with Crippen molar-refractivity contribution in [1.29, 1.82) is 0 Å². The quantitative estimate of drug-likeness (QED) is 0.162. The van der Waals surface area contributed by atoms with E-state index in [0.29, 0.717) is 22.0 Å². The molecule has 1 aromatic heterocycles. The molecule has 3 amide bonds. The first-order valence-corrected chi connectivity index (χ1v) is 16.0. The third-order valence-corrected chi connectivity index (χ3v) is 8.63. The molecule has 5 aromatic rings. The van der Waals surface area contributed by atoms with Gasteiger partial charge in [-0.05, 0) is 72.6 Å². The monoisotopic (exact) mass is 708 g/mol. The van der Waals surface area contributed by atoms with Crippen LogP contribution in [0.1, 0.15) is 22.3 Å². The van der Waals surface area contributed by atoms with E-state index in [-0.39, 0.29) is 47.1 Å². The molecule has 49 heavy (non-hydrogen) atoms. The van der Waals surface area contributed by atoms with E-state index in [1.54, 1.807) is 12.1 Å². The number of aryl methyl sites for hydroxylation is 1. The van der Waals surface area contributed by atoms with Crippen LogP contribution < -0.4 is 10.2 Å². The summed E-state index contributed by atoms with van der Waals surface area (Å²) in [6.07, 6.45) is -3.18. The number of carbonyl (C=O) groups excluding carboxylic acids is 2. The molecule has 1 N–H and O–H groups in total. The lowest BCUT2D eigenvalue weighted by atomic mass is 10.1. The fourth-order valence-corrected chi connectivity index (χ4v) is 5.93. The normalized spacial score (nSPS) is 14.1. The van der Waals surface area contributed by atoms with E-state index in [2.05, 4.69) is 20.4 Å². The number of hydrogen-bond donors (Lipinski definition) is 1. The smallest absolute Gasteiger partial charge is 0.372 e. The lowest BCUT2D eigenvalue weighted by Gasteiger charge is -2.20. The van der Waals surface area contributed by atoms with Gasteiger partial charge < -0.3 is 10.1 Å². The van der Waals surface area contributed by atoms with Gasteiger partial charge in [-0.15, -0.1) is 5.10 Å². The van der Waals surface area contributed by atoms with Crippen molar-refractivity contribution < 1.29 is 31.9 Å². The van der Waals surface area contributed by atoms with Crippen molar-refractivity contribution in [2.24, 2.45) is 4.99 Å². The molecule has 15 heteroatoms. The average Bonchev–Trinajstić information content (AvgIpc) is 3.70. The molecule has 0 radical (unpaired) electrons. The second-order valence-electron chi connectivity index (χ2n) is 10.8. The van der Waals surface area contributed by atoms with E-state index in [4.69, 9.17) is 16.3 Å². The Morgan fingerprint density at radius 1 is 1.02 bits per heavy atom. The zero-order valence-electron chi connectivity index (χ0n) is 25.5. The minimum Gasteiger partial charge on any atom is -0.372 e. The number of amides is 3. The summed E-state index contributed by atoms with van der Waals surface area (Å²) >= 11 is 7.32. The van der Waals surface area contributed by atoms with Gasteiger partial charge in [-0.3, -0.25) is 9.69 Å². The first kappa shape index (κ1) is 33.8. The fourth-order valence-electron chi connectivity index (χ4n) is 4.88. The van der Waals surface area contributed by atoms with E-state index >= 15 is 4.39 Å². The third-order valence-electron chi connectivity index (χ3n) is 7.34. The molecule has 0 bridgehead atoms. The van der Waals surface area contributed by atoms with Crippen molar-refractivity contribution in [3.05, 3.63) is 124 Å². The minimum absolute atomic E-state index is 0.0507. The number of nitrogens with one attached hydrogen (secondary N) is 1. The molecule has 1 saturated heterocycles. The maximum Gasteiger partial charge on any atom is 0.416 e. The number of anilines is 2. The van der Waals surface area contributed by atoms with Crippen LogP contribution in [0.4, 0.5) is 33.7 Å². The summed E-state index contributed by atoms with van der Waals surface area (Å²) in [6, 6.07) is 20.2. The van der Waals surface area contributed by atoms with Crippen LogP contribution in [0.3, 0.4) is 0 Å². The van der Waals surface area contributed by atoms with Gasteiger partial charge in [0.05, 0.1) is 41.6 Å². The summed E-state index contributed by atoms with van der Waals surface area (Å²) in [5.41, 5.74) is 2.51. The molecule has 250 valence electrons. The van der Waals surface area contributed by atoms with Crippen LogP contribution in [-0.2, 0) is 28.9 Å². The number of aromatic nitrogens is 3. The Hall–Kier alpha value is -5.05. The Morgan fingerprint density at radius 2 is 1.78 bits per heavy atom. The molecule has 0 atom stereocenters. The largest absolute Gasteiger partial charge is 0.416 e. The first-order valence-electron chi connectivity index (χ1n) is 14.6. The maximum atomic E-state index is 15.1. The van der Waals surface area contributed by atoms with E-state index in [1.165, 1.54) is 40.2 Å². The number of amidine groups is 1. The van der Waals surface area contributed by atoms with Crippen LogP contribution in [0.15, 0.2) is 96.2 Å². The summed E-state index contributed by atoms with van der Waals surface area (Å²) in [5.74, 6) is -0.929. The molecule has 1 fully saturated rings. The van der Waals surface area contributed by atoms with E-state index in [1.807, 2.05) is 37.3 Å². The van der Waals surface area contributed by atoms with Crippen LogP contribution in [-0.4, -0.2) is 37.6 Å². The number of carbonyl (C=O) groups is 2. The molecular formula is C34H25ClF4N6O3S. The fraction of sp³-hybridized carbons (Fsp3) is 0.147.